The van der Waals surface area contributed by atoms with Crippen LogP contribution in [0, 0.1) is 12.8 Å². The topological polar surface area (TPSA) is 91.8 Å². The van der Waals surface area contributed by atoms with Gasteiger partial charge in [-0.15, -0.1) is 10.2 Å². The number of tetrazole rings is 1. The van der Waals surface area contributed by atoms with E-state index < -0.39 is 11.9 Å². The van der Waals surface area contributed by atoms with Gasteiger partial charge in [0.15, 0.2) is 5.82 Å². The number of carbonyl (C=O) groups is 1. The third kappa shape index (κ3) is 3.87. The van der Waals surface area contributed by atoms with Crippen LogP contribution in [0.2, 0.25) is 0 Å². The summed E-state index contributed by atoms with van der Waals surface area (Å²) in [4.78, 5) is 11.6. The van der Waals surface area contributed by atoms with E-state index in [1.54, 1.807) is 0 Å². The maximum atomic E-state index is 11.6. The Morgan fingerprint density at radius 2 is 2.24 bits per heavy atom. The van der Waals surface area contributed by atoms with E-state index in [0.29, 0.717) is 18.7 Å². The number of nitrogens with one attached hydrogen (secondary N) is 1. The SMILES string of the molecule is CCCC(C(=O)O)C(Cc1cccc(C)c1)c1nn[nH]n1. The van der Waals surface area contributed by atoms with Crippen molar-refractivity contribution in [1.29, 1.82) is 0 Å². The first-order chi connectivity index (χ1) is 10.1. The fourth-order valence-corrected chi connectivity index (χ4v) is 2.64. The minimum atomic E-state index is -0.806. The summed E-state index contributed by atoms with van der Waals surface area (Å²) in [5, 5.41) is 23.5. The number of aliphatic carboxylic acids is 1. The lowest BCUT2D eigenvalue weighted by atomic mass is 9.83. The maximum Gasteiger partial charge on any atom is 0.307 e. The first kappa shape index (κ1) is 15.2. The van der Waals surface area contributed by atoms with Crippen LogP contribution < -0.4 is 0 Å². The molecule has 0 saturated heterocycles. The molecule has 0 aliphatic rings. The molecule has 1 aromatic heterocycles. The van der Waals surface area contributed by atoms with E-state index in [1.807, 2.05) is 32.0 Å². The molecule has 0 aliphatic heterocycles. The molecule has 6 heteroatoms. The van der Waals surface area contributed by atoms with Crippen LogP contribution in [0.5, 0.6) is 0 Å². The molecule has 0 amide bonds. The maximum absolute atomic E-state index is 11.6. The number of aryl methyl sites for hydroxylation is 1. The highest BCUT2D eigenvalue weighted by atomic mass is 16.4. The summed E-state index contributed by atoms with van der Waals surface area (Å²) in [6.45, 7) is 4.00. The van der Waals surface area contributed by atoms with Crippen LogP contribution >= 0.6 is 0 Å². The fraction of sp³-hybridized carbons (Fsp3) is 0.467. The van der Waals surface area contributed by atoms with Crippen molar-refractivity contribution >= 4 is 5.97 Å². The molecule has 21 heavy (non-hydrogen) atoms. The number of H-pyrrole nitrogens is 1. The Bertz CT molecular complexity index is 583. The largest absolute Gasteiger partial charge is 0.481 e. The number of rotatable bonds is 7. The van der Waals surface area contributed by atoms with Gasteiger partial charge in [-0.25, -0.2) is 0 Å². The van der Waals surface area contributed by atoms with Crippen LogP contribution in [0.25, 0.3) is 0 Å². The lowest BCUT2D eigenvalue weighted by Gasteiger charge is -2.21. The first-order valence-corrected chi connectivity index (χ1v) is 7.13. The van der Waals surface area contributed by atoms with Crippen molar-refractivity contribution in [2.24, 2.45) is 5.92 Å². The lowest BCUT2D eigenvalue weighted by molar-refractivity contribution is -0.142. The summed E-state index contributed by atoms with van der Waals surface area (Å²) in [5.74, 6) is -1.12. The Labute approximate surface area is 123 Å². The molecule has 0 aliphatic carbocycles. The molecule has 0 spiro atoms. The van der Waals surface area contributed by atoms with Crippen LogP contribution in [0.4, 0.5) is 0 Å². The molecule has 112 valence electrons. The zero-order chi connectivity index (χ0) is 15.2. The minimum Gasteiger partial charge on any atom is -0.481 e. The molecule has 1 aromatic carbocycles. The molecule has 2 N–H and O–H groups in total. The van der Waals surface area contributed by atoms with E-state index in [4.69, 9.17) is 0 Å². The third-order valence-electron chi connectivity index (χ3n) is 3.63. The van der Waals surface area contributed by atoms with E-state index in [1.165, 1.54) is 0 Å². The normalized spacial score (nSPS) is 13.8. The van der Waals surface area contributed by atoms with Gasteiger partial charge in [-0.2, -0.15) is 5.21 Å². The molecule has 0 radical (unpaired) electrons. The quantitative estimate of drug-likeness (QED) is 0.815. The number of carboxylic acid groups (broad SMARTS) is 1. The number of aromatic nitrogens is 4. The summed E-state index contributed by atoms with van der Waals surface area (Å²) in [7, 11) is 0. The molecule has 2 aromatic rings. The lowest BCUT2D eigenvalue weighted by Crippen LogP contribution is -2.25. The second-order valence-electron chi connectivity index (χ2n) is 5.30. The van der Waals surface area contributed by atoms with Gasteiger partial charge in [0.2, 0.25) is 0 Å². The Morgan fingerprint density at radius 1 is 1.43 bits per heavy atom. The predicted molar refractivity (Wildman–Crippen MR) is 77.8 cm³/mol. The monoisotopic (exact) mass is 288 g/mol. The van der Waals surface area contributed by atoms with E-state index in [-0.39, 0.29) is 5.92 Å². The number of hydrogen-bond acceptors (Lipinski definition) is 4. The highest BCUT2D eigenvalue weighted by Crippen LogP contribution is 2.29. The number of hydrogen-bond donors (Lipinski definition) is 2. The van der Waals surface area contributed by atoms with Gasteiger partial charge in [0, 0.05) is 5.92 Å². The van der Waals surface area contributed by atoms with Gasteiger partial charge in [-0.05, 0) is 25.3 Å². The molecule has 0 saturated carbocycles. The summed E-state index contributed by atoms with van der Waals surface area (Å²) >= 11 is 0. The van der Waals surface area contributed by atoms with E-state index in [2.05, 4.69) is 26.7 Å². The van der Waals surface area contributed by atoms with Gasteiger partial charge >= 0.3 is 5.97 Å². The summed E-state index contributed by atoms with van der Waals surface area (Å²) in [6.07, 6.45) is 2.00. The van der Waals surface area contributed by atoms with Crippen molar-refractivity contribution < 1.29 is 9.90 Å². The van der Waals surface area contributed by atoms with Crippen LogP contribution in [-0.4, -0.2) is 31.7 Å². The van der Waals surface area contributed by atoms with Crippen molar-refractivity contribution in [3.63, 3.8) is 0 Å². The molecule has 0 bridgehead atoms. The van der Waals surface area contributed by atoms with Crippen LogP contribution in [0.3, 0.4) is 0 Å². The molecule has 6 nitrogen and oxygen atoms in total. The second-order valence-corrected chi connectivity index (χ2v) is 5.30. The zero-order valence-electron chi connectivity index (χ0n) is 12.3. The molecule has 2 rings (SSSR count). The molecular formula is C15H20N4O2. The van der Waals surface area contributed by atoms with Crippen molar-refractivity contribution in [2.45, 2.75) is 39.0 Å². The minimum absolute atomic E-state index is 0.275. The number of carboxylic acids is 1. The predicted octanol–water partition coefficient (Wildman–Crippen LogP) is 2.34. The standard InChI is InChI=1S/C15H20N4O2/c1-3-5-12(15(20)21)13(14-16-18-19-17-14)9-11-7-4-6-10(2)8-11/h4,6-8,12-13H,3,5,9H2,1-2H3,(H,20,21)(H,16,17,18,19). The average molecular weight is 288 g/mol. The Balaban J connectivity index is 2.30. The third-order valence-corrected chi connectivity index (χ3v) is 3.63. The van der Waals surface area contributed by atoms with Gasteiger partial charge in [0.25, 0.3) is 0 Å². The van der Waals surface area contributed by atoms with Crippen LogP contribution in [0.1, 0.15) is 42.6 Å². The van der Waals surface area contributed by atoms with Gasteiger partial charge in [0.1, 0.15) is 0 Å². The van der Waals surface area contributed by atoms with Crippen LogP contribution in [0.15, 0.2) is 24.3 Å². The van der Waals surface area contributed by atoms with Gasteiger partial charge in [-0.3, -0.25) is 4.79 Å². The Hall–Kier alpha value is -2.24. The summed E-state index contributed by atoms with van der Waals surface area (Å²) in [5.41, 5.74) is 2.24. The smallest absolute Gasteiger partial charge is 0.307 e. The molecule has 2 atom stereocenters. The number of benzene rings is 1. The highest BCUT2D eigenvalue weighted by molar-refractivity contribution is 5.71. The Morgan fingerprint density at radius 3 is 2.81 bits per heavy atom. The number of aromatic amines is 1. The number of nitrogens with zero attached hydrogens (tertiary/aromatic N) is 3. The highest BCUT2D eigenvalue weighted by Gasteiger charge is 2.31. The van der Waals surface area contributed by atoms with Crippen molar-refractivity contribution in [3.05, 3.63) is 41.2 Å². The fourth-order valence-electron chi connectivity index (χ4n) is 2.64. The first-order valence-electron chi connectivity index (χ1n) is 7.13. The van der Waals surface area contributed by atoms with Gasteiger partial charge in [-0.1, -0.05) is 48.4 Å². The van der Waals surface area contributed by atoms with Crippen molar-refractivity contribution in [2.75, 3.05) is 0 Å². The molecule has 1 heterocycles. The summed E-state index contributed by atoms with van der Waals surface area (Å²) in [6, 6.07) is 8.07. The zero-order valence-corrected chi connectivity index (χ0v) is 12.3. The van der Waals surface area contributed by atoms with Gasteiger partial charge in [0.05, 0.1) is 5.92 Å². The van der Waals surface area contributed by atoms with E-state index in [9.17, 15) is 9.90 Å². The van der Waals surface area contributed by atoms with Crippen LogP contribution in [-0.2, 0) is 11.2 Å². The average Bonchev–Trinajstić information content (AvgIpc) is 2.96. The van der Waals surface area contributed by atoms with Gasteiger partial charge < -0.3 is 5.11 Å². The molecule has 2 unspecified atom stereocenters. The molecular weight excluding hydrogens is 268 g/mol. The second kappa shape index (κ2) is 6.97. The van der Waals surface area contributed by atoms with E-state index in [0.717, 1.165) is 17.5 Å². The summed E-state index contributed by atoms with van der Waals surface area (Å²) < 4.78 is 0. The van der Waals surface area contributed by atoms with Crippen molar-refractivity contribution in [1.82, 2.24) is 20.6 Å². The van der Waals surface area contributed by atoms with E-state index >= 15 is 0 Å². The molecule has 0 fully saturated rings. The van der Waals surface area contributed by atoms with Crippen molar-refractivity contribution in [3.8, 4) is 0 Å². The Kier molecular flexibility index (Phi) is 5.03.